The van der Waals surface area contributed by atoms with Crippen molar-refractivity contribution in [3.8, 4) is 0 Å². The zero-order valence-electron chi connectivity index (χ0n) is 12.0. The summed E-state index contributed by atoms with van der Waals surface area (Å²) in [4.78, 5) is 12.1. The largest absolute Gasteiger partial charge is 0.383 e. The zero-order valence-corrected chi connectivity index (χ0v) is 13.6. The van der Waals surface area contributed by atoms with E-state index in [4.69, 9.17) is 4.74 Å². The fourth-order valence-corrected chi connectivity index (χ4v) is 2.35. The van der Waals surface area contributed by atoms with E-state index in [2.05, 4.69) is 47.1 Å². The minimum atomic E-state index is -0.144. The molecule has 0 spiro atoms. The van der Waals surface area contributed by atoms with Crippen LogP contribution in [0.4, 0.5) is 5.69 Å². The third-order valence-corrected chi connectivity index (χ3v) is 3.61. The van der Waals surface area contributed by atoms with E-state index >= 15 is 0 Å². The summed E-state index contributed by atoms with van der Waals surface area (Å²) in [6.45, 7) is 7.28. The van der Waals surface area contributed by atoms with Gasteiger partial charge in [0.1, 0.15) is 4.47 Å². The summed E-state index contributed by atoms with van der Waals surface area (Å²) in [5.41, 5.74) is 0.524. The number of halogens is 1. The van der Waals surface area contributed by atoms with Gasteiger partial charge in [0, 0.05) is 12.6 Å². The molecule has 0 fully saturated rings. The Labute approximate surface area is 122 Å². The Bertz CT molecular complexity index is 471. The van der Waals surface area contributed by atoms with Gasteiger partial charge >= 0.3 is 0 Å². The summed E-state index contributed by atoms with van der Waals surface area (Å²) in [5.74, 6) is 0. The zero-order chi connectivity index (χ0) is 14.5. The van der Waals surface area contributed by atoms with Gasteiger partial charge in [-0.25, -0.2) is 4.68 Å². The van der Waals surface area contributed by atoms with Crippen LogP contribution >= 0.6 is 15.9 Å². The van der Waals surface area contributed by atoms with Crippen molar-refractivity contribution < 1.29 is 4.74 Å². The summed E-state index contributed by atoms with van der Waals surface area (Å²) in [6.07, 6.45) is 3.78. The number of aromatic nitrogens is 2. The molecule has 0 saturated heterocycles. The second-order valence-electron chi connectivity index (χ2n) is 5.15. The van der Waals surface area contributed by atoms with Crippen molar-refractivity contribution in [2.75, 3.05) is 19.0 Å². The van der Waals surface area contributed by atoms with Gasteiger partial charge < -0.3 is 10.1 Å². The molecular formula is C13H22BrN3O2. The van der Waals surface area contributed by atoms with Gasteiger partial charge in [-0.1, -0.05) is 13.3 Å². The van der Waals surface area contributed by atoms with Gasteiger partial charge in [-0.3, -0.25) is 4.79 Å². The van der Waals surface area contributed by atoms with Crippen LogP contribution in [0.3, 0.4) is 0 Å². The quantitative estimate of drug-likeness (QED) is 0.834. The Hall–Kier alpha value is -0.880. The molecule has 0 aliphatic carbocycles. The van der Waals surface area contributed by atoms with E-state index in [9.17, 15) is 4.79 Å². The Morgan fingerprint density at radius 3 is 2.79 bits per heavy atom. The lowest BCUT2D eigenvalue weighted by atomic mass is 9.99. The normalized spacial score (nSPS) is 11.6. The predicted octanol–water partition coefficient (Wildman–Crippen LogP) is 2.64. The first-order valence-electron chi connectivity index (χ1n) is 6.44. The van der Waals surface area contributed by atoms with E-state index in [1.165, 1.54) is 4.68 Å². The first-order valence-corrected chi connectivity index (χ1v) is 7.23. The van der Waals surface area contributed by atoms with Crippen LogP contribution < -0.4 is 10.9 Å². The van der Waals surface area contributed by atoms with E-state index in [0.717, 1.165) is 18.5 Å². The third kappa shape index (κ3) is 4.62. The van der Waals surface area contributed by atoms with E-state index in [0.29, 0.717) is 17.6 Å². The molecule has 1 rings (SSSR count). The third-order valence-electron chi connectivity index (χ3n) is 2.84. The Morgan fingerprint density at radius 2 is 2.21 bits per heavy atom. The molecule has 5 nitrogen and oxygen atoms in total. The highest BCUT2D eigenvalue weighted by atomic mass is 79.9. The number of ether oxygens (including phenoxy) is 1. The monoisotopic (exact) mass is 331 g/mol. The maximum atomic E-state index is 12.1. The lowest BCUT2D eigenvalue weighted by Gasteiger charge is -2.27. The van der Waals surface area contributed by atoms with Crippen LogP contribution in [0.2, 0.25) is 0 Å². The van der Waals surface area contributed by atoms with Crippen molar-refractivity contribution >= 4 is 21.6 Å². The number of nitrogens with zero attached hydrogens (tertiary/aromatic N) is 2. The minimum absolute atomic E-state index is 0.0654. The van der Waals surface area contributed by atoms with Gasteiger partial charge in [0.05, 0.1) is 25.0 Å². The van der Waals surface area contributed by atoms with E-state index in [1.54, 1.807) is 13.3 Å². The van der Waals surface area contributed by atoms with Crippen LogP contribution in [-0.4, -0.2) is 29.0 Å². The van der Waals surface area contributed by atoms with Crippen molar-refractivity contribution in [2.45, 2.75) is 45.7 Å². The fourth-order valence-electron chi connectivity index (χ4n) is 1.94. The predicted molar refractivity (Wildman–Crippen MR) is 80.7 cm³/mol. The van der Waals surface area contributed by atoms with E-state index in [1.807, 2.05) is 0 Å². The number of hydrogen-bond acceptors (Lipinski definition) is 4. The van der Waals surface area contributed by atoms with Crippen molar-refractivity contribution in [3.63, 3.8) is 0 Å². The minimum Gasteiger partial charge on any atom is -0.383 e. The highest BCUT2D eigenvalue weighted by Crippen LogP contribution is 2.23. The average Bonchev–Trinajstić information content (AvgIpc) is 2.34. The molecule has 19 heavy (non-hydrogen) atoms. The Morgan fingerprint density at radius 1 is 1.53 bits per heavy atom. The molecule has 0 amide bonds. The molecule has 1 heterocycles. The highest BCUT2D eigenvalue weighted by molar-refractivity contribution is 9.10. The van der Waals surface area contributed by atoms with E-state index < -0.39 is 0 Å². The van der Waals surface area contributed by atoms with Crippen LogP contribution in [0.25, 0.3) is 0 Å². The standard InChI is InChI=1S/C13H22BrN3O2/c1-5-6-13(2,3)16-10-9-15-17(7-8-19-4)12(18)11(10)14/h9,16H,5-8H2,1-4H3. The Kier molecular flexibility index (Phi) is 6.00. The summed E-state index contributed by atoms with van der Waals surface area (Å²) in [7, 11) is 1.60. The molecule has 0 aromatic carbocycles. The molecule has 0 aliphatic heterocycles. The van der Waals surface area contributed by atoms with Gasteiger partial charge in [0.15, 0.2) is 0 Å². The second kappa shape index (κ2) is 7.05. The maximum Gasteiger partial charge on any atom is 0.283 e. The molecule has 108 valence electrons. The van der Waals surface area contributed by atoms with Gasteiger partial charge in [-0.15, -0.1) is 0 Å². The number of rotatable bonds is 7. The first-order chi connectivity index (χ1) is 8.91. The van der Waals surface area contributed by atoms with Gasteiger partial charge in [0.25, 0.3) is 5.56 Å². The average molecular weight is 332 g/mol. The Balaban J connectivity index is 2.93. The molecular weight excluding hydrogens is 310 g/mol. The smallest absolute Gasteiger partial charge is 0.283 e. The van der Waals surface area contributed by atoms with Crippen LogP contribution in [0, 0.1) is 0 Å². The van der Waals surface area contributed by atoms with Crippen molar-refractivity contribution in [2.24, 2.45) is 0 Å². The lowest BCUT2D eigenvalue weighted by molar-refractivity contribution is 0.181. The number of hydrogen-bond donors (Lipinski definition) is 1. The van der Waals surface area contributed by atoms with Gasteiger partial charge in [-0.2, -0.15) is 5.10 Å². The molecule has 1 N–H and O–H groups in total. The number of nitrogens with one attached hydrogen (secondary N) is 1. The number of anilines is 1. The molecule has 1 aromatic rings. The molecule has 6 heteroatoms. The van der Waals surface area contributed by atoms with Crippen molar-refractivity contribution in [1.29, 1.82) is 0 Å². The van der Waals surface area contributed by atoms with Crippen LogP contribution in [-0.2, 0) is 11.3 Å². The molecule has 0 bridgehead atoms. The molecule has 0 saturated carbocycles. The number of methoxy groups -OCH3 is 1. The highest BCUT2D eigenvalue weighted by Gasteiger charge is 2.19. The second-order valence-corrected chi connectivity index (χ2v) is 5.95. The fraction of sp³-hybridized carbons (Fsp3) is 0.692. The first kappa shape index (κ1) is 16.2. The van der Waals surface area contributed by atoms with E-state index in [-0.39, 0.29) is 11.1 Å². The summed E-state index contributed by atoms with van der Waals surface area (Å²) in [6, 6.07) is 0. The SMILES string of the molecule is CCCC(C)(C)Nc1cnn(CCOC)c(=O)c1Br. The van der Waals surface area contributed by atoms with Crippen LogP contribution in [0.15, 0.2) is 15.5 Å². The van der Waals surface area contributed by atoms with Crippen molar-refractivity contribution in [1.82, 2.24) is 9.78 Å². The van der Waals surface area contributed by atoms with Crippen molar-refractivity contribution in [3.05, 3.63) is 21.0 Å². The lowest BCUT2D eigenvalue weighted by Crippen LogP contribution is -2.33. The molecule has 0 radical (unpaired) electrons. The summed E-state index contributed by atoms with van der Waals surface area (Å²) in [5, 5.41) is 7.51. The summed E-state index contributed by atoms with van der Waals surface area (Å²) >= 11 is 3.35. The van der Waals surface area contributed by atoms with Crippen LogP contribution in [0.5, 0.6) is 0 Å². The van der Waals surface area contributed by atoms with Crippen LogP contribution in [0.1, 0.15) is 33.6 Å². The molecule has 0 aliphatic rings. The molecule has 0 atom stereocenters. The summed E-state index contributed by atoms with van der Waals surface area (Å²) < 4.78 is 6.86. The van der Waals surface area contributed by atoms with Gasteiger partial charge in [-0.05, 0) is 36.2 Å². The van der Waals surface area contributed by atoms with Gasteiger partial charge in [0.2, 0.25) is 0 Å². The molecule has 1 aromatic heterocycles. The maximum absolute atomic E-state index is 12.1. The molecule has 0 unspecified atom stereocenters. The topological polar surface area (TPSA) is 56.1 Å².